The van der Waals surface area contributed by atoms with Crippen LogP contribution in [0.2, 0.25) is 0 Å². The molecule has 0 bridgehead atoms. The molecule has 0 saturated heterocycles. The van der Waals surface area contributed by atoms with Gasteiger partial charge >= 0.3 is 0 Å². The molecule has 0 aliphatic heterocycles. The number of hydrogen-bond acceptors (Lipinski definition) is 1. The molecule has 0 N–H and O–H groups in total. The van der Waals surface area contributed by atoms with Crippen LogP contribution < -0.4 is 4.57 Å². The summed E-state index contributed by atoms with van der Waals surface area (Å²) < 4.78 is 1.95. The lowest BCUT2D eigenvalue weighted by Crippen LogP contribution is -2.32. The smallest absolute Gasteiger partial charge is 0.204 e. The highest BCUT2D eigenvalue weighted by atomic mass is 16.1. The fraction of sp³-hybridized carbons (Fsp3) is 0.250. The maximum Gasteiger partial charge on any atom is 0.204 e. The molecule has 0 aromatic carbocycles. The highest BCUT2D eigenvalue weighted by Crippen LogP contribution is 1.78. The summed E-state index contributed by atoms with van der Waals surface area (Å²) in [7, 11) is 0. The van der Waals surface area contributed by atoms with Gasteiger partial charge in [-0.1, -0.05) is 6.07 Å². The Kier molecular flexibility index (Phi) is 2.62. The average molecular weight is 135 g/mol. The SMILES string of the molecule is O=[C]CC[n+]1ccccc1. The third-order valence-corrected chi connectivity index (χ3v) is 1.25. The van der Waals surface area contributed by atoms with E-state index in [9.17, 15) is 4.79 Å². The average Bonchev–Trinajstić information content (AvgIpc) is 2.03. The molecule has 51 valence electrons. The van der Waals surface area contributed by atoms with E-state index >= 15 is 0 Å². The zero-order valence-electron chi connectivity index (χ0n) is 5.66. The summed E-state index contributed by atoms with van der Waals surface area (Å²) in [5.74, 6) is 0. The molecule has 2 nitrogen and oxygen atoms in total. The number of nitrogens with zero attached hydrogens (tertiary/aromatic N) is 1. The predicted octanol–water partition coefficient (Wildman–Crippen LogP) is 0.474. The second kappa shape index (κ2) is 3.77. The maximum absolute atomic E-state index is 9.84. The van der Waals surface area contributed by atoms with Crippen molar-refractivity contribution in [2.45, 2.75) is 13.0 Å². The molecule has 1 rings (SSSR count). The quantitative estimate of drug-likeness (QED) is 0.552. The van der Waals surface area contributed by atoms with Crippen LogP contribution in [0.3, 0.4) is 0 Å². The van der Waals surface area contributed by atoms with Crippen molar-refractivity contribution in [1.82, 2.24) is 0 Å². The van der Waals surface area contributed by atoms with E-state index < -0.39 is 0 Å². The van der Waals surface area contributed by atoms with Crippen LogP contribution in [0.4, 0.5) is 0 Å². The Labute approximate surface area is 60.1 Å². The molecule has 0 unspecified atom stereocenters. The Morgan fingerprint density at radius 1 is 1.20 bits per heavy atom. The van der Waals surface area contributed by atoms with Gasteiger partial charge in [0.25, 0.3) is 0 Å². The molecule has 1 aromatic heterocycles. The van der Waals surface area contributed by atoms with Crippen LogP contribution >= 0.6 is 0 Å². The summed E-state index contributed by atoms with van der Waals surface area (Å²) >= 11 is 0. The van der Waals surface area contributed by atoms with Crippen molar-refractivity contribution in [3.8, 4) is 0 Å². The van der Waals surface area contributed by atoms with Crippen LogP contribution in [0.15, 0.2) is 30.6 Å². The van der Waals surface area contributed by atoms with Crippen molar-refractivity contribution < 1.29 is 9.36 Å². The third kappa shape index (κ3) is 1.97. The summed E-state index contributed by atoms with van der Waals surface area (Å²) in [4.78, 5) is 9.84. The monoisotopic (exact) mass is 135 g/mol. The van der Waals surface area contributed by atoms with Crippen molar-refractivity contribution in [2.75, 3.05) is 0 Å². The lowest BCUT2D eigenvalue weighted by atomic mass is 10.4. The van der Waals surface area contributed by atoms with E-state index in [1.165, 1.54) is 0 Å². The largest absolute Gasteiger partial charge is 0.291 e. The lowest BCUT2D eigenvalue weighted by Gasteiger charge is -1.88. The van der Waals surface area contributed by atoms with E-state index in [1.807, 2.05) is 41.4 Å². The molecule has 1 aromatic rings. The molecule has 0 amide bonds. The zero-order chi connectivity index (χ0) is 7.23. The fourth-order valence-electron chi connectivity index (χ4n) is 0.758. The first-order chi connectivity index (χ1) is 4.93. The molecular formula is C8H9NO+. The first kappa shape index (κ1) is 6.93. The number of pyridine rings is 1. The summed E-state index contributed by atoms with van der Waals surface area (Å²) in [5.41, 5.74) is 0. The lowest BCUT2D eigenvalue weighted by molar-refractivity contribution is -0.695. The Hall–Kier alpha value is -1.18. The van der Waals surface area contributed by atoms with Crippen molar-refractivity contribution in [3.05, 3.63) is 30.6 Å². The van der Waals surface area contributed by atoms with E-state index in [1.54, 1.807) is 0 Å². The van der Waals surface area contributed by atoms with E-state index in [2.05, 4.69) is 0 Å². The zero-order valence-corrected chi connectivity index (χ0v) is 5.66. The topological polar surface area (TPSA) is 20.9 Å². The second-order valence-corrected chi connectivity index (χ2v) is 2.01. The number of aromatic nitrogens is 1. The molecule has 0 saturated carbocycles. The van der Waals surface area contributed by atoms with Gasteiger partial charge in [0.2, 0.25) is 6.29 Å². The Morgan fingerprint density at radius 3 is 2.50 bits per heavy atom. The summed E-state index contributed by atoms with van der Waals surface area (Å²) in [5, 5.41) is 0. The molecule has 1 radical (unpaired) electrons. The predicted molar refractivity (Wildman–Crippen MR) is 36.9 cm³/mol. The Bertz CT molecular complexity index is 196. The van der Waals surface area contributed by atoms with E-state index in [4.69, 9.17) is 0 Å². The molecule has 1 heterocycles. The molecule has 0 fully saturated rings. The van der Waals surface area contributed by atoms with Gasteiger partial charge in [-0.2, -0.15) is 0 Å². The van der Waals surface area contributed by atoms with Gasteiger partial charge in [-0.25, -0.2) is 4.57 Å². The summed E-state index contributed by atoms with van der Waals surface area (Å²) in [6.07, 6.45) is 6.17. The molecule has 2 heteroatoms. The van der Waals surface area contributed by atoms with Crippen LogP contribution in [0.25, 0.3) is 0 Å². The van der Waals surface area contributed by atoms with Gasteiger partial charge in [0.15, 0.2) is 18.9 Å². The molecule has 0 atom stereocenters. The van der Waals surface area contributed by atoms with E-state index in [0.717, 1.165) is 6.54 Å². The van der Waals surface area contributed by atoms with Gasteiger partial charge in [-0.05, 0) is 0 Å². The maximum atomic E-state index is 9.84. The number of hydrogen-bond donors (Lipinski definition) is 0. The van der Waals surface area contributed by atoms with Crippen LogP contribution in [-0.2, 0) is 11.3 Å². The first-order valence-electron chi connectivity index (χ1n) is 3.22. The molecule has 10 heavy (non-hydrogen) atoms. The fourth-order valence-corrected chi connectivity index (χ4v) is 0.758. The van der Waals surface area contributed by atoms with E-state index in [-0.39, 0.29) is 0 Å². The Morgan fingerprint density at radius 2 is 1.90 bits per heavy atom. The highest BCUT2D eigenvalue weighted by Gasteiger charge is 1.94. The van der Waals surface area contributed by atoms with Gasteiger partial charge in [-0.3, -0.25) is 4.79 Å². The standard InChI is InChI=1S/C8H9NO/c10-8-4-7-9-5-2-1-3-6-9/h1-3,5-6H,4,7H2/q+1. The van der Waals surface area contributed by atoms with Crippen molar-refractivity contribution in [1.29, 1.82) is 0 Å². The summed E-state index contributed by atoms with van der Waals surface area (Å²) in [6.45, 7) is 0.727. The van der Waals surface area contributed by atoms with Crippen LogP contribution in [-0.4, -0.2) is 6.29 Å². The van der Waals surface area contributed by atoms with E-state index in [0.29, 0.717) is 6.42 Å². The molecular weight excluding hydrogens is 126 g/mol. The van der Waals surface area contributed by atoms with Crippen LogP contribution in [0.5, 0.6) is 0 Å². The second-order valence-electron chi connectivity index (χ2n) is 2.01. The molecule has 0 aliphatic rings. The third-order valence-electron chi connectivity index (χ3n) is 1.25. The first-order valence-corrected chi connectivity index (χ1v) is 3.22. The minimum absolute atomic E-state index is 0.467. The van der Waals surface area contributed by atoms with Crippen LogP contribution in [0.1, 0.15) is 6.42 Å². The molecule has 0 aliphatic carbocycles. The van der Waals surface area contributed by atoms with Crippen molar-refractivity contribution in [2.24, 2.45) is 0 Å². The number of rotatable bonds is 3. The highest BCUT2D eigenvalue weighted by molar-refractivity contribution is 5.49. The van der Waals surface area contributed by atoms with Gasteiger partial charge in [0.1, 0.15) is 0 Å². The van der Waals surface area contributed by atoms with Crippen molar-refractivity contribution >= 4 is 6.29 Å². The summed E-state index contributed by atoms with van der Waals surface area (Å²) in [6, 6.07) is 5.82. The molecule has 0 spiro atoms. The number of carbonyl (C=O) groups excluding carboxylic acids is 1. The van der Waals surface area contributed by atoms with Crippen molar-refractivity contribution in [3.63, 3.8) is 0 Å². The van der Waals surface area contributed by atoms with Gasteiger partial charge in [0.05, 0.1) is 6.42 Å². The minimum atomic E-state index is 0.467. The number of aryl methyl sites for hydroxylation is 1. The van der Waals surface area contributed by atoms with Gasteiger partial charge in [-0.15, -0.1) is 0 Å². The minimum Gasteiger partial charge on any atom is -0.291 e. The Balaban J connectivity index is 2.50. The van der Waals surface area contributed by atoms with Crippen LogP contribution in [0, 0.1) is 0 Å². The van der Waals surface area contributed by atoms with Gasteiger partial charge in [0, 0.05) is 12.1 Å². The van der Waals surface area contributed by atoms with Gasteiger partial charge < -0.3 is 0 Å². The normalized spacial score (nSPS) is 9.20.